The van der Waals surface area contributed by atoms with Gasteiger partial charge in [0.25, 0.3) is 0 Å². The number of rotatable bonds is 5. The summed E-state index contributed by atoms with van der Waals surface area (Å²) in [5.74, 6) is -0.106. The zero-order chi connectivity index (χ0) is 15.3. The molecular weight excluding hydrogens is 356 g/mol. The average molecular weight is 371 g/mol. The van der Waals surface area contributed by atoms with Gasteiger partial charge < -0.3 is 0 Å². The molecule has 0 radical (unpaired) electrons. The number of nitrogens with one attached hydrogen (secondary N) is 1. The normalized spacial score (nSPS) is 12.8. The van der Waals surface area contributed by atoms with E-state index in [4.69, 9.17) is 4.10 Å². The molecule has 0 fully saturated rings. The summed E-state index contributed by atoms with van der Waals surface area (Å²) in [5, 5.41) is 2.78. The van der Waals surface area contributed by atoms with E-state index in [1.807, 2.05) is 30.3 Å². The minimum atomic E-state index is -5.06. The van der Waals surface area contributed by atoms with Gasteiger partial charge in [0.2, 0.25) is 0 Å². The molecule has 2 aromatic carbocycles. The first-order valence-corrected chi connectivity index (χ1v) is 9.74. The number of para-hydroxylation sites is 1. The van der Waals surface area contributed by atoms with E-state index >= 15 is 0 Å². The SMILES string of the molecule is O=C(CCc1ccc([As](=O)([O-])O)cc1)Nc1ccccc1.[Na+]. The summed E-state index contributed by atoms with van der Waals surface area (Å²) >= 11 is -5.06. The fourth-order valence-electron chi connectivity index (χ4n) is 1.85. The van der Waals surface area contributed by atoms with Crippen molar-refractivity contribution in [2.24, 2.45) is 0 Å². The number of aryl methyl sites for hydroxylation is 1. The number of anilines is 1. The van der Waals surface area contributed by atoms with E-state index in [2.05, 4.69) is 5.32 Å². The van der Waals surface area contributed by atoms with Gasteiger partial charge in [0.1, 0.15) is 0 Å². The van der Waals surface area contributed by atoms with Crippen molar-refractivity contribution in [3.8, 4) is 0 Å². The second kappa shape index (κ2) is 8.72. The molecular formula is C15H15AsNNaO4. The molecule has 0 saturated carbocycles. The summed E-state index contributed by atoms with van der Waals surface area (Å²) in [6.07, 6.45) is 0.799. The van der Waals surface area contributed by atoms with Crippen molar-refractivity contribution in [1.82, 2.24) is 0 Å². The van der Waals surface area contributed by atoms with Crippen molar-refractivity contribution in [3.63, 3.8) is 0 Å². The third-order valence-electron chi connectivity index (χ3n) is 2.96. The van der Waals surface area contributed by atoms with Crippen LogP contribution in [-0.2, 0) is 15.0 Å². The molecule has 0 heterocycles. The number of carbonyl (C=O) groups excluding carboxylic acids is 1. The molecule has 0 aliphatic rings. The standard InChI is InChI=1S/C15H16AsNO4.Na/c18-15(17-14-4-2-1-3-5-14)11-8-12-6-9-13(10-7-12)16(19,20)21;/h1-7,9-10H,8,11H2,(H,17,18)(H2,19,20,21);/q;+1/p-1. The average Bonchev–Trinajstić information content (AvgIpc) is 2.46. The smallest absolute Gasteiger partial charge is 1.00 e. The van der Waals surface area contributed by atoms with Gasteiger partial charge in [-0.05, 0) is 0 Å². The van der Waals surface area contributed by atoms with Crippen LogP contribution in [0.25, 0.3) is 0 Å². The molecule has 22 heavy (non-hydrogen) atoms. The molecule has 0 spiro atoms. The fraction of sp³-hybridized carbons (Fsp3) is 0.133. The number of hydrogen-bond donors (Lipinski definition) is 2. The minimum Gasteiger partial charge on any atom is 1.00 e. The molecule has 7 heteroatoms. The van der Waals surface area contributed by atoms with Crippen molar-refractivity contribution in [3.05, 3.63) is 60.2 Å². The number of hydrogen-bond acceptors (Lipinski definition) is 3. The molecule has 5 nitrogen and oxygen atoms in total. The van der Waals surface area contributed by atoms with E-state index in [0.29, 0.717) is 12.8 Å². The predicted molar refractivity (Wildman–Crippen MR) is 78.1 cm³/mol. The van der Waals surface area contributed by atoms with Crippen LogP contribution in [0.15, 0.2) is 54.6 Å². The van der Waals surface area contributed by atoms with E-state index in [9.17, 15) is 12.6 Å². The minimum absolute atomic E-state index is 0. The van der Waals surface area contributed by atoms with Gasteiger partial charge in [0.15, 0.2) is 0 Å². The monoisotopic (exact) mass is 371 g/mol. The van der Waals surface area contributed by atoms with Crippen molar-refractivity contribution in [1.29, 1.82) is 0 Å². The van der Waals surface area contributed by atoms with Crippen LogP contribution in [0.2, 0.25) is 0 Å². The van der Waals surface area contributed by atoms with Crippen LogP contribution in [-0.4, -0.2) is 24.2 Å². The molecule has 0 bridgehead atoms. The molecule has 2 aromatic rings. The quantitative estimate of drug-likeness (QED) is 0.556. The molecule has 110 valence electrons. The molecule has 2 N–H and O–H groups in total. The summed E-state index contributed by atoms with van der Waals surface area (Å²) in [4.78, 5) is 11.8. The van der Waals surface area contributed by atoms with Crippen molar-refractivity contribution >= 4 is 30.1 Å². The van der Waals surface area contributed by atoms with Crippen LogP contribution >= 0.6 is 0 Å². The number of carbonyl (C=O) groups is 1. The first kappa shape index (κ1) is 19.2. The van der Waals surface area contributed by atoms with Crippen molar-refractivity contribution in [2.75, 3.05) is 5.32 Å². The van der Waals surface area contributed by atoms with Crippen molar-refractivity contribution in [2.45, 2.75) is 12.8 Å². The van der Waals surface area contributed by atoms with E-state index in [-0.39, 0.29) is 39.8 Å². The van der Waals surface area contributed by atoms with E-state index < -0.39 is 14.2 Å². The Hall–Kier alpha value is -0.812. The molecule has 0 aliphatic heterocycles. The van der Waals surface area contributed by atoms with Gasteiger partial charge in [-0.2, -0.15) is 0 Å². The maximum absolute atomic E-state index is 11.8. The Bertz CT molecular complexity index is 655. The molecule has 0 aliphatic carbocycles. The van der Waals surface area contributed by atoms with E-state index in [1.54, 1.807) is 12.1 Å². The third kappa shape index (κ3) is 6.13. The largest absolute Gasteiger partial charge is 1.00 e. The van der Waals surface area contributed by atoms with Gasteiger partial charge in [-0.3, -0.25) is 0 Å². The Morgan fingerprint density at radius 2 is 1.68 bits per heavy atom. The van der Waals surface area contributed by atoms with Gasteiger partial charge in [0.05, 0.1) is 0 Å². The molecule has 1 amide bonds. The Balaban J connectivity index is 0.00000242. The Labute approximate surface area is 154 Å². The number of amides is 1. The van der Waals surface area contributed by atoms with Gasteiger partial charge >= 0.3 is 155 Å². The second-order valence-electron chi connectivity index (χ2n) is 4.60. The first-order chi connectivity index (χ1) is 9.95. The summed E-state index contributed by atoms with van der Waals surface area (Å²) in [7, 11) is 0. The van der Waals surface area contributed by atoms with Gasteiger partial charge in [-0.25, -0.2) is 0 Å². The van der Waals surface area contributed by atoms with Crippen LogP contribution in [0.4, 0.5) is 5.69 Å². The van der Waals surface area contributed by atoms with Gasteiger partial charge in [0, 0.05) is 0 Å². The Kier molecular flexibility index (Phi) is 7.63. The summed E-state index contributed by atoms with van der Waals surface area (Å²) in [5.41, 5.74) is 1.58. The number of benzene rings is 2. The second-order valence-corrected chi connectivity index (χ2v) is 7.87. The molecule has 1 unspecified atom stereocenters. The van der Waals surface area contributed by atoms with Crippen LogP contribution in [0, 0.1) is 0 Å². The molecule has 0 saturated heterocycles. The topological polar surface area (TPSA) is 89.5 Å². The first-order valence-electron chi connectivity index (χ1n) is 6.43. The molecule has 2 rings (SSSR count). The summed E-state index contributed by atoms with van der Waals surface area (Å²) in [6.45, 7) is 0. The fourth-order valence-corrected chi connectivity index (χ4v) is 2.96. The van der Waals surface area contributed by atoms with Crippen LogP contribution in [0.3, 0.4) is 0 Å². The summed E-state index contributed by atoms with van der Waals surface area (Å²) in [6, 6.07) is 15.1. The zero-order valence-electron chi connectivity index (χ0n) is 12.2. The zero-order valence-corrected chi connectivity index (χ0v) is 16.1. The van der Waals surface area contributed by atoms with Gasteiger partial charge in [-0.1, -0.05) is 0 Å². The maximum Gasteiger partial charge on any atom is 1.00 e. The van der Waals surface area contributed by atoms with Crippen LogP contribution < -0.4 is 43.3 Å². The predicted octanol–water partition coefficient (Wildman–Crippen LogP) is -2.81. The van der Waals surface area contributed by atoms with Crippen molar-refractivity contribution < 1.29 is 46.3 Å². The third-order valence-corrected chi connectivity index (χ3v) is 4.96. The van der Waals surface area contributed by atoms with Crippen LogP contribution in [0.5, 0.6) is 0 Å². The Morgan fingerprint density at radius 1 is 1.09 bits per heavy atom. The Morgan fingerprint density at radius 3 is 2.23 bits per heavy atom. The van der Waals surface area contributed by atoms with Crippen LogP contribution in [0.1, 0.15) is 12.0 Å². The van der Waals surface area contributed by atoms with Gasteiger partial charge in [-0.15, -0.1) is 0 Å². The molecule has 1 atom stereocenters. The molecule has 0 aromatic heterocycles. The summed E-state index contributed by atoms with van der Waals surface area (Å²) < 4.78 is 30.9. The van der Waals surface area contributed by atoms with E-state index in [0.717, 1.165) is 11.3 Å². The maximum atomic E-state index is 11.8. The van der Waals surface area contributed by atoms with E-state index in [1.165, 1.54) is 12.1 Å².